The van der Waals surface area contributed by atoms with Gasteiger partial charge in [0.2, 0.25) is 5.91 Å². The highest BCUT2D eigenvalue weighted by Gasteiger charge is 2.61. The van der Waals surface area contributed by atoms with Gasteiger partial charge in [0.1, 0.15) is 11.4 Å². The third-order valence-corrected chi connectivity index (χ3v) is 10.7. The van der Waals surface area contributed by atoms with E-state index in [0.717, 1.165) is 89.8 Å². The summed E-state index contributed by atoms with van der Waals surface area (Å²) >= 11 is 0. The molecule has 3 aliphatic carbocycles. The van der Waals surface area contributed by atoms with E-state index in [0.29, 0.717) is 17.8 Å². The summed E-state index contributed by atoms with van der Waals surface area (Å²) in [5.41, 5.74) is 2.94. The molecule has 2 saturated carbocycles. The number of hydrogen-bond donors (Lipinski definition) is 2. The van der Waals surface area contributed by atoms with Gasteiger partial charge in [0.15, 0.2) is 0 Å². The molecule has 4 fully saturated rings. The van der Waals surface area contributed by atoms with Crippen molar-refractivity contribution in [1.82, 2.24) is 10.2 Å². The summed E-state index contributed by atoms with van der Waals surface area (Å²) in [5, 5.41) is 14.6. The molecule has 2 N–H and O–H groups in total. The molecule has 6 atom stereocenters. The molecule has 2 heterocycles. The van der Waals surface area contributed by atoms with Crippen LogP contribution in [0.3, 0.4) is 0 Å². The minimum atomic E-state index is -0.959. The number of benzene rings is 1. The number of terminal acetylenes is 1. The maximum Gasteiger partial charge on any atom is 0.239 e. The molecule has 0 unspecified atom stereocenters. The van der Waals surface area contributed by atoms with Crippen molar-refractivity contribution in [2.75, 3.05) is 44.7 Å². The van der Waals surface area contributed by atoms with Crippen LogP contribution in [0.4, 0.5) is 5.69 Å². The second kappa shape index (κ2) is 8.96. The van der Waals surface area contributed by atoms with Crippen molar-refractivity contribution < 1.29 is 14.6 Å². The molecule has 6 heteroatoms. The molecule has 5 aliphatic rings. The SMILES string of the molecule is C#C[C@]1(O)CC[C@H]2[C@@H]3CCc4cc(OC)c(N5CCN(C(=O)[C@@H]6CCCN6)CC5)cc4[C@H]3CC[C@@]21C. The summed E-state index contributed by atoms with van der Waals surface area (Å²) in [5.74, 6) is 5.59. The standard InChI is InChI=1S/C30H41N3O3/c1-4-30(35)12-10-24-22-8-7-20-18-27(36-3)26(19-23(20)21(22)9-11-29(24,30)2)32-14-16-33(17-15-32)28(34)25-6-5-13-31-25/h1,18-19,21-22,24-25,31,35H,5-17H2,2-3H3/t21-,22+,24-,25-,29-,30-/m0/s1. The summed E-state index contributed by atoms with van der Waals surface area (Å²) < 4.78 is 5.90. The molecule has 0 spiro atoms. The number of ether oxygens (including phenoxy) is 1. The third-order valence-electron chi connectivity index (χ3n) is 10.7. The van der Waals surface area contributed by atoms with Crippen molar-refractivity contribution in [3.63, 3.8) is 0 Å². The van der Waals surface area contributed by atoms with Crippen molar-refractivity contribution in [3.8, 4) is 18.1 Å². The van der Waals surface area contributed by atoms with Crippen LogP contribution in [0.25, 0.3) is 0 Å². The molecule has 0 bridgehead atoms. The van der Waals surface area contributed by atoms with Gasteiger partial charge in [-0.25, -0.2) is 0 Å². The number of methoxy groups -OCH3 is 1. The van der Waals surface area contributed by atoms with Gasteiger partial charge in [-0.1, -0.05) is 12.8 Å². The van der Waals surface area contributed by atoms with Gasteiger partial charge in [0, 0.05) is 31.6 Å². The van der Waals surface area contributed by atoms with E-state index in [1.54, 1.807) is 7.11 Å². The first-order valence-corrected chi connectivity index (χ1v) is 14.1. The molecule has 2 aliphatic heterocycles. The van der Waals surface area contributed by atoms with Crippen LogP contribution < -0.4 is 15.0 Å². The highest BCUT2D eigenvalue weighted by atomic mass is 16.5. The molecular weight excluding hydrogens is 450 g/mol. The Hall–Kier alpha value is -2.23. The number of rotatable bonds is 3. The van der Waals surface area contributed by atoms with Gasteiger partial charge < -0.3 is 25.0 Å². The molecule has 1 amide bonds. The summed E-state index contributed by atoms with van der Waals surface area (Å²) in [6, 6.07) is 4.69. The number of amides is 1. The number of anilines is 1. The number of piperazine rings is 1. The molecule has 6 nitrogen and oxygen atoms in total. The first-order chi connectivity index (χ1) is 17.4. The van der Waals surface area contributed by atoms with E-state index < -0.39 is 5.60 Å². The number of carbonyl (C=O) groups excluding carboxylic acids is 1. The van der Waals surface area contributed by atoms with Gasteiger partial charge in [-0.2, -0.15) is 0 Å². The summed E-state index contributed by atoms with van der Waals surface area (Å²) in [6.45, 7) is 6.38. The zero-order valence-corrected chi connectivity index (χ0v) is 21.9. The van der Waals surface area contributed by atoms with Crippen LogP contribution in [0.5, 0.6) is 5.75 Å². The zero-order valence-electron chi connectivity index (χ0n) is 21.9. The van der Waals surface area contributed by atoms with Crippen LogP contribution in [0, 0.1) is 29.6 Å². The van der Waals surface area contributed by atoms with Crippen LogP contribution in [0.1, 0.15) is 68.9 Å². The largest absolute Gasteiger partial charge is 0.495 e. The van der Waals surface area contributed by atoms with Gasteiger partial charge in [-0.15, -0.1) is 6.42 Å². The van der Waals surface area contributed by atoms with Crippen LogP contribution >= 0.6 is 0 Å². The lowest BCUT2D eigenvalue weighted by molar-refractivity contribution is -0.133. The number of carbonyl (C=O) groups is 1. The van der Waals surface area contributed by atoms with Crippen LogP contribution in [-0.2, 0) is 11.2 Å². The van der Waals surface area contributed by atoms with E-state index in [1.807, 2.05) is 4.90 Å². The van der Waals surface area contributed by atoms with E-state index in [2.05, 4.69) is 35.2 Å². The normalized spacial score (nSPS) is 37.6. The topological polar surface area (TPSA) is 65.0 Å². The maximum atomic E-state index is 12.9. The van der Waals surface area contributed by atoms with Crippen molar-refractivity contribution >= 4 is 11.6 Å². The van der Waals surface area contributed by atoms with Crippen LogP contribution in [-0.4, -0.2) is 67.4 Å². The van der Waals surface area contributed by atoms with Gasteiger partial charge in [-0.3, -0.25) is 4.79 Å². The lowest BCUT2D eigenvalue weighted by Crippen LogP contribution is -2.53. The molecule has 1 aromatic carbocycles. The lowest BCUT2D eigenvalue weighted by Gasteiger charge is -2.52. The number of fused-ring (bicyclic) bond motifs is 5. The number of aryl methyl sites for hydroxylation is 1. The van der Waals surface area contributed by atoms with E-state index in [-0.39, 0.29) is 17.4 Å². The molecule has 0 aromatic heterocycles. The Balaban J connectivity index is 1.23. The number of aliphatic hydroxyl groups is 1. The second-order valence-electron chi connectivity index (χ2n) is 12.1. The van der Waals surface area contributed by atoms with Crippen LogP contribution in [0.15, 0.2) is 12.1 Å². The molecule has 194 valence electrons. The predicted octanol–water partition coefficient (Wildman–Crippen LogP) is 3.32. The summed E-state index contributed by atoms with van der Waals surface area (Å²) in [4.78, 5) is 17.3. The lowest BCUT2D eigenvalue weighted by atomic mass is 9.53. The first kappa shape index (κ1) is 24.1. The minimum Gasteiger partial charge on any atom is -0.495 e. The fourth-order valence-corrected chi connectivity index (χ4v) is 8.53. The van der Waals surface area contributed by atoms with Crippen molar-refractivity contribution in [1.29, 1.82) is 0 Å². The van der Waals surface area contributed by atoms with E-state index in [4.69, 9.17) is 11.2 Å². The zero-order chi connectivity index (χ0) is 25.1. The molecule has 1 aromatic rings. The Kier molecular flexibility index (Phi) is 6.00. The van der Waals surface area contributed by atoms with Gasteiger partial charge in [0.05, 0.1) is 18.8 Å². The Morgan fingerprint density at radius 3 is 2.67 bits per heavy atom. The van der Waals surface area contributed by atoms with E-state index in [1.165, 1.54) is 16.8 Å². The first-order valence-electron chi connectivity index (χ1n) is 14.1. The third kappa shape index (κ3) is 3.57. The minimum absolute atomic E-state index is 0.00599. The van der Waals surface area contributed by atoms with Gasteiger partial charge in [0.25, 0.3) is 0 Å². The Bertz CT molecular complexity index is 1070. The van der Waals surface area contributed by atoms with E-state index >= 15 is 0 Å². The van der Waals surface area contributed by atoms with Crippen molar-refractivity contribution in [3.05, 3.63) is 23.3 Å². The smallest absolute Gasteiger partial charge is 0.239 e. The number of hydrogen-bond acceptors (Lipinski definition) is 5. The average molecular weight is 492 g/mol. The average Bonchev–Trinajstić information content (AvgIpc) is 3.54. The molecule has 6 rings (SSSR count). The fraction of sp³-hybridized carbons (Fsp3) is 0.700. The molecular formula is C30H41N3O3. The van der Waals surface area contributed by atoms with Crippen molar-refractivity contribution in [2.45, 2.75) is 75.9 Å². The van der Waals surface area contributed by atoms with Gasteiger partial charge in [-0.05, 0) is 98.9 Å². The van der Waals surface area contributed by atoms with Crippen molar-refractivity contribution in [2.24, 2.45) is 17.3 Å². The van der Waals surface area contributed by atoms with Gasteiger partial charge >= 0.3 is 0 Å². The van der Waals surface area contributed by atoms with E-state index in [9.17, 15) is 9.90 Å². The molecule has 0 radical (unpaired) electrons. The highest BCUT2D eigenvalue weighted by Crippen LogP contribution is 2.64. The molecule has 2 saturated heterocycles. The second-order valence-corrected chi connectivity index (χ2v) is 12.1. The number of nitrogens with zero attached hydrogens (tertiary/aromatic N) is 2. The molecule has 36 heavy (non-hydrogen) atoms. The monoisotopic (exact) mass is 491 g/mol. The Morgan fingerprint density at radius 2 is 1.97 bits per heavy atom. The fourth-order valence-electron chi connectivity index (χ4n) is 8.53. The number of nitrogens with one attached hydrogen (secondary N) is 1. The Labute approximate surface area is 215 Å². The quantitative estimate of drug-likeness (QED) is 0.635. The summed E-state index contributed by atoms with van der Waals surface area (Å²) in [6.07, 6.45) is 14.0. The van der Waals surface area contributed by atoms with Crippen LogP contribution in [0.2, 0.25) is 0 Å². The Morgan fingerprint density at radius 1 is 1.17 bits per heavy atom. The highest BCUT2D eigenvalue weighted by molar-refractivity contribution is 5.82. The predicted molar refractivity (Wildman–Crippen MR) is 141 cm³/mol. The maximum absolute atomic E-state index is 12.9. The summed E-state index contributed by atoms with van der Waals surface area (Å²) in [7, 11) is 1.77.